The lowest BCUT2D eigenvalue weighted by molar-refractivity contribution is 0.0745. The second-order valence-electron chi connectivity index (χ2n) is 7.02. The molecular formula is C21H23N3O2. The number of para-hydroxylation sites is 2. The Bertz CT molecular complexity index is 873. The summed E-state index contributed by atoms with van der Waals surface area (Å²) >= 11 is 0. The van der Waals surface area contributed by atoms with E-state index in [9.17, 15) is 4.79 Å². The predicted octanol–water partition coefficient (Wildman–Crippen LogP) is 3.91. The van der Waals surface area contributed by atoms with Crippen LogP contribution in [0.3, 0.4) is 0 Å². The first-order valence-corrected chi connectivity index (χ1v) is 9.11. The second kappa shape index (κ2) is 6.83. The molecule has 0 aliphatic carbocycles. The average molecular weight is 349 g/mol. The number of piperazine rings is 1. The van der Waals surface area contributed by atoms with Crippen LogP contribution in [-0.2, 0) is 0 Å². The van der Waals surface area contributed by atoms with Crippen LogP contribution in [0.25, 0.3) is 11.1 Å². The SMILES string of the molecule is CC(C)c1ccc(C(=O)N2CCN(c3nc4ccccc4o3)CC2)cc1. The molecule has 0 atom stereocenters. The molecule has 0 unspecified atom stereocenters. The van der Waals surface area contributed by atoms with Gasteiger partial charge in [0, 0.05) is 31.7 Å². The Labute approximate surface area is 153 Å². The lowest BCUT2D eigenvalue weighted by atomic mass is 10.0. The van der Waals surface area contributed by atoms with E-state index >= 15 is 0 Å². The van der Waals surface area contributed by atoms with Gasteiger partial charge >= 0.3 is 0 Å². The molecule has 1 aliphatic rings. The van der Waals surface area contributed by atoms with Crippen molar-refractivity contribution >= 4 is 23.0 Å². The van der Waals surface area contributed by atoms with E-state index in [1.165, 1.54) is 5.56 Å². The van der Waals surface area contributed by atoms with E-state index in [4.69, 9.17) is 4.42 Å². The lowest BCUT2D eigenvalue weighted by Gasteiger charge is -2.33. The number of carbonyl (C=O) groups excluding carboxylic acids is 1. The van der Waals surface area contributed by atoms with Crippen LogP contribution in [0, 0.1) is 0 Å². The molecule has 2 heterocycles. The quantitative estimate of drug-likeness (QED) is 0.719. The van der Waals surface area contributed by atoms with Crippen LogP contribution in [0.4, 0.5) is 6.01 Å². The number of amides is 1. The fourth-order valence-corrected chi connectivity index (χ4v) is 3.29. The van der Waals surface area contributed by atoms with Gasteiger partial charge in [-0.15, -0.1) is 0 Å². The molecule has 1 amide bonds. The molecular weight excluding hydrogens is 326 g/mol. The second-order valence-corrected chi connectivity index (χ2v) is 7.02. The standard InChI is InChI=1S/C21H23N3O2/c1-15(2)16-7-9-17(10-8-16)20(25)23-11-13-24(14-12-23)21-22-18-5-3-4-6-19(18)26-21/h3-10,15H,11-14H2,1-2H3. The first kappa shape index (κ1) is 16.6. The monoisotopic (exact) mass is 349 g/mol. The number of aromatic nitrogens is 1. The molecule has 26 heavy (non-hydrogen) atoms. The average Bonchev–Trinajstić information content (AvgIpc) is 3.12. The molecule has 4 rings (SSSR count). The summed E-state index contributed by atoms with van der Waals surface area (Å²) in [6.07, 6.45) is 0. The van der Waals surface area contributed by atoms with E-state index in [1.807, 2.05) is 53.4 Å². The maximum Gasteiger partial charge on any atom is 0.298 e. The van der Waals surface area contributed by atoms with Gasteiger partial charge in [0.25, 0.3) is 11.9 Å². The molecule has 3 aromatic rings. The summed E-state index contributed by atoms with van der Waals surface area (Å²) in [5.41, 5.74) is 3.67. The van der Waals surface area contributed by atoms with Crippen molar-refractivity contribution in [2.75, 3.05) is 31.1 Å². The number of hydrogen-bond acceptors (Lipinski definition) is 4. The number of fused-ring (bicyclic) bond motifs is 1. The summed E-state index contributed by atoms with van der Waals surface area (Å²) < 4.78 is 5.83. The molecule has 0 radical (unpaired) electrons. The van der Waals surface area contributed by atoms with E-state index in [2.05, 4.69) is 23.7 Å². The van der Waals surface area contributed by atoms with Crippen LogP contribution in [-0.4, -0.2) is 42.0 Å². The van der Waals surface area contributed by atoms with Crippen LogP contribution in [0.15, 0.2) is 52.9 Å². The first-order chi connectivity index (χ1) is 12.6. The van der Waals surface area contributed by atoms with Crippen LogP contribution in [0.2, 0.25) is 0 Å². The van der Waals surface area contributed by atoms with Gasteiger partial charge in [0.15, 0.2) is 5.58 Å². The molecule has 5 nitrogen and oxygen atoms in total. The summed E-state index contributed by atoms with van der Waals surface area (Å²) in [6, 6.07) is 16.4. The zero-order valence-electron chi connectivity index (χ0n) is 15.2. The Morgan fingerprint density at radius 2 is 1.69 bits per heavy atom. The number of carbonyl (C=O) groups is 1. The van der Waals surface area contributed by atoms with E-state index in [1.54, 1.807) is 0 Å². The highest BCUT2D eigenvalue weighted by Crippen LogP contribution is 2.23. The van der Waals surface area contributed by atoms with Gasteiger partial charge in [0.1, 0.15) is 5.52 Å². The summed E-state index contributed by atoms with van der Waals surface area (Å²) in [6.45, 7) is 7.10. The topological polar surface area (TPSA) is 49.6 Å². The third-order valence-corrected chi connectivity index (χ3v) is 4.94. The number of benzene rings is 2. The molecule has 0 spiro atoms. The molecule has 2 aromatic carbocycles. The molecule has 1 aromatic heterocycles. The van der Waals surface area contributed by atoms with Gasteiger partial charge in [-0.25, -0.2) is 0 Å². The number of hydrogen-bond donors (Lipinski definition) is 0. The van der Waals surface area contributed by atoms with Crippen molar-refractivity contribution in [3.63, 3.8) is 0 Å². The van der Waals surface area contributed by atoms with Crippen molar-refractivity contribution in [2.24, 2.45) is 0 Å². The normalized spacial score (nSPS) is 15.0. The van der Waals surface area contributed by atoms with Crippen LogP contribution < -0.4 is 4.90 Å². The van der Waals surface area contributed by atoms with Crippen molar-refractivity contribution < 1.29 is 9.21 Å². The largest absolute Gasteiger partial charge is 0.423 e. The van der Waals surface area contributed by atoms with E-state index in [0.29, 0.717) is 25.0 Å². The number of oxazole rings is 1. The molecule has 1 fully saturated rings. The number of rotatable bonds is 3. The summed E-state index contributed by atoms with van der Waals surface area (Å²) in [4.78, 5) is 21.3. The number of nitrogens with zero attached hydrogens (tertiary/aromatic N) is 3. The smallest absolute Gasteiger partial charge is 0.298 e. The molecule has 134 valence electrons. The van der Waals surface area contributed by atoms with Gasteiger partial charge in [-0.1, -0.05) is 38.1 Å². The van der Waals surface area contributed by atoms with Crippen molar-refractivity contribution in [1.29, 1.82) is 0 Å². The van der Waals surface area contributed by atoms with Gasteiger partial charge in [0.05, 0.1) is 0 Å². The van der Waals surface area contributed by atoms with Gasteiger partial charge in [-0.2, -0.15) is 4.98 Å². The van der Waals surface area contributed by atoms with Crippen molar-refractivity contribution in [3.05, 3.63) is 59.7 Å². The van der Waals surface area contributed by atoms with Crippen molar-refractivity contribution in [3.8, 4) is 0 Å². The van der Waals surface area contributed by atoms with Gasteiger partial charge in [-0.05, 0) is 35.7 Å². The predicted molar refractivity (Wildman–Crippen MR) is 103 cm³/mol. The summed E-state index contributed by atoms with van der Waals surface area (Å²) in [5.74, 6) is 0.566. The Hall–Kier alpha value is -2.82. The van der Waals surface area contributed by atoms with E-state index < -0.39 is 0 Å². The highest BCUT2D eigenvalue weighted by Gasteiger charge is 2.24. The Kier molecular flexibility index (Phi) is 4.37. The highest BCUT2D eigenvalue weighted by atomic mass is 16.4. The molecule has 5 heteroatoms. The minimum Gasteiger partial charge on any atom is -0.423 e. The number of anilines is 1. The zero-order chi connectivity index (χ0) is 18.1. The maximum atomic E-state index is 12.7. The Morgan fingerprint density at radius 1 is 1.00 bits per heavy atom. The maximum absolute atomic E-state index is 12.7. The van der Waals surface area contributed by atoms with Crippen LogP contribution in [0.5, 0.6) is 0 Å². The Morgan fingerprint density at radius 3 is 2.35 bits per heavy atom. The van der Waals surface area contributed by atoms with Crippen LogP contribution in [0.1, 0.15) is 35.7 Å². The van der Waals surface area contributed by atoms with E-state index in [-0.39, 0.29) is 5.91 Å². The third-order valence-electron chi connectivity index (χ3n) is 4.94. The molecule has 1 saturated heterocycles. The lowest BCUT2D eigenvalue weighted by Crippen LogP contribution is -2.48. The van der Waals surface area contributed by atoms with Crippen molar-refractivity contribution in [2.45, 2.75) is 19.8 Å². The first-order valence-electron chi connectivity index (χ1n) is 9.11. The summed E-state index contributed by atoms with van der Waals surface area (Å²) in [7, 11) is 0. The van der Waals surface area contributed by atoms with E-state index in [0.717, 1.165) is 29.8 Å². The van der Waals surface area contributed by atoms with Gasteiger partial charge < -0.3 is 14.2 Å². The molecule has 0 N–H and O–H groups in total. The minimum absolute atomic E-state index is 0.0949. The van der Waals surface area contributed by atoms with Crippen molar-refractivity contribution in [1.82, 2.24) is 9.88 Å². The third kappa shape index (κ3) is 3.17. The molecule has 1 aliphatic heterocycles. The van der Waals surface area contributed by atoms with Gasteiger partial charge in [-0.3, -0.25) is 4.79 Å². The molecule has 0 bridgehead atoms. The van der Waals surface area contributed by atoms with Crippen LogP contribution >= 0.6 is 0 Å². The highest BCUT2D eigenvalue weighted by molar-refractivity contribution is 5.94. The molecule has 0 saturated carbocycles. The zero-order valence-corrected chi connectivity index (χ0v) is 15.2. The summed E-state index contributed by atoms with van der Waals surface area (Å²) in [5, 5.41) is 0. The fraction of sp³-hybridized carbons (Fsp3) is 0.333. The van der Waals surface area contributed by atoms with Gasteiger partial charge in [0.2, 0.25) is 0 Å². The fourth-order valence-electron chi connectivity index (χ4n) is 3.29. The minimum atomic E-state index is 0.0949. The Balaban J connectivity index is 1.41.